The fraction of sp³-hybridized carbons (Fsp3) is 0.440. The first-order valence-corrected chi connectivity index (χ1v) is 11.5. The number of aryl methyl sites for hydroxylation is 1. The van der Waals surface area contributed by atoms with Crippen molar-refractivity contribution in [3.63, 3.8) is 0 Å². The number of anilines is 1. The Bertz CT molecular complexity index is 905. The number of halogens is 1. The molecule has 0 bridgehead atoms. The van der Waals surface area contributed by atoms with Crippen LogP contribution in [0, 0.1) is 5.92 Å². The molecule has 31 heavy (non-hydrogen) atoms. The molecule has 2 amide bonds. The summed E-state index contributed by atoms with van der Waals surface area (Å²) >= 11 is 5.96. The number of benzene rings is 2. The number of carbonyl (C=O) groups excluding carboxylic acids is 2. The van der Waals surface area contributed by atoms with Crippen LogP contribution in [-0.4, -0.2) is 42.5 Å². The van der Waals surface area contributed by atoms with Gasteiger partial charge in [-0.1, -0.05) is 23.7 Å². The summed E-state index contributed by atoms with van der Waals surface area (Å²) in [6.45, 7) is 4.24. The van der Waals surface area contributed by atoms with E-state index in [4.69, 9.17) is 16.3 Å². The first-order valence-electron chi connectivity index (χ1n) is 11.1. The quantitative estimate of drug-likeness (QED) is 0.585. The molecule has 2 saturated heterocycles. The van der Waals surface area contributed by atoms with Crippen LogP contribution in [-0.2, 0) is 16.0 Å². The van der Waals surface area contributed by atoms with Crippen molar-refractivity contribution in [2.45, 2.75) is 45.1 Å². The number of imide groups is 1. The first-order chi connectivity index (χ1) is 15.0. The zero-order chi connectivity index (χ0) is 21.8. The molecule has 2 aliphatic rings. The highest BCUT2D eigenvalue weighted by atomic mass is 35.5. The molecular weight excluding hydrogens is 412 g/mol. The number of ether oxygens (including phenoxy) is 1. The maximum absolute atomic E-state index is 13.1. The maximum atomic E-state index is 13.1. The number of nitrogens with zero attached hydrogens (tertiary/aromatic N) is 2. The SMILES string of the molecule is CCOc1ccc(N2C(=O)C[C@H](N3CCC(CCc4ccc(Cl)cc4)CC3)C2=O)cc1. The number of rotatable bonds is 7. The van der Waals surface area contributed by atoms with Gasteiger partial charge in [0.2, 0.25) is 5.91 Å². The van der Waals surface area contributed by atoms with Crippen molar-refractivity contribution < 1.29 is 14.3 Å². The number of hydrogen-bond acceptors (Lipinski definition) is 4. The average molecular weight is 441 g/mol. The second-order valence-electron chi connectivity index (χ2n) is 8.36. The Morgan fingerprint density at radius 2 is 1.68 bits per heavy atom. The van der Waals surface area contributed by atoms with Crippen molar-refractivity contribution >= 4 is 29.1 Å². The Morgan fingerprint density at radius 3 is 2.32 bits per heavy atom. The lowest BCUT2D eigenvalue weighted by Crippen LogP contribution is -2.46. The summed E-state index contributed by atoms with van der Waals surface area (Å²) < 4.78 is 5.45. The summed E-state index contributed by atoms with van der Waals surface area (Å²) in [5.41, 5.74) is 1.94. The van der Waals surface area contributed by atoms with Crippen LogP contribution in [0.5, 0.6) is 5.75 Å². The van der Waals surface area contributed by atoms with Gasteiger partial charge in [-0.25, -0.2) is 4.90 Å². The molecule has 164 valence electrons. The molecule has 0 saturated carbocycles. The van der Waals surface area contributed by atoms with Crippen LogP contribution in [0.25, 0.3) is 0 Å². The molecule has 0 aromatic heterocycles. The van der Waals surface area contributed by atoms with Gasteiger partial charge in [-0.3, -0.25) is 14.5 Å². The van der Waals surface area contributed by atoms with Crippen LogP contribution < -0.4 is 9.64 Å². The Kier molecular flexibility index (Phi) is 6.93. The van der Waals surface area contributed by atoms with Crippen molar-refractivity contribution in [2.24, 2.45) is 5.92 Å². The molecule has 2 fully saturated rings. The van der Waals surface area contributed by atoms with Crippen LogP contribution in [0.15, 0.2) is 48.5 Å². The highest BCUT2D eigenvalue weighted by molar-refractivity contribution is 6.30. The molecule has 1 atom stereocenters. The van der Waals surface area contributed by atoms with Crippen LogP contribution in [0.3, 0.4) is 0 Å². The Hall–Kier alpha value is -2.37. The summed E-state index contributed by atoms with van der Waals surface area (Å²) in [4.78, 5) is 29.2. The molecule has 5 nitrogen and oxygen atoms in total. The number of carbonyl (C=O) groups is 2. The van der Waals surface area contributed by atoms with Crippen LogP contribution >= 0.6 is 11.6 Å². The van der Waals surface area contributed by atoms with Gasteiger partial charge in [-0.05, 0) is 93.6 Å². The zero-order valence-electron chi connectivity index (χ0n) is 17.9. The van der Waals surface area contributed by atoms with E-state index in [0.717, 1.165) is 49.5 Å². The van der Waals surface area contributed by atoms with Gasteiger partial charge >= 0.3 is 0 Å². The van der Waals surface area contributed by atoms with E-state index < -0.39 is 0 Å². The fourth-order valence-corrected chi connectivity index (χ4v) is 4.73. The third kappa shape index (κ3) is 5.10. The second kappa shape index (κ2) is 9.84. The number of amides is 2. The fourth-order valence-electron chi connectivity index (χ4n) is 4.61. The van der Waals surface area contributed by atoms with Gasteiger partial charge in [0.15, 0.2) is 0 Å². The average Bonchev–Trinajstić information content (AvgIpc) is 3.08. The van der Waals surface area contributed by atoms with Crippen LogP contribution in [0.2, 0.25) is 5.02 Å². The highest BCUT2D eigenvalue weighted by Crippen LogP contribution is 2.30. The van der Waals surface area contributed by atoms with Gasteiger partial charge < -0.3 is 4.74 Å². The van der Waals surface area contributed by atoms with Crippen LogP contribution in [0.1, 0.15) is 38.2 Å². The third-order valence-electron chi connectivity index (χ3n) is 6.37. The molecule has 6 heteroatoms. The molecule has 0 unspecified atom stereocenters. The Labute approximate surface area is 188 Å². The Morgan fingerprint density at radius 1 is 1.00 bits per heavy atom. The summed E-state index contributed by atoms with van der Waals surface area (Å²) in [5.74, 6) is 1.17. The van der Waals surface area contributed by atoms with Gasteiger partial charge in [-0.15, -0.1) is 0 Å². The van der Waals surface area contributed by atoms with Crippen molar-refractivity contribution in [1.29, 1.82) is 0 Å². The van der Waals surface area contributed by atoms with Gasteiger partial charge in [0.25, 0.3) is 5.91 Å². The van der Waals surface area contributed by atoms with E-state index in [2.05, 4.69) is 17.0 Å². The smallest absolute Gasteiger partial charge is 0.251 e. The second-order valence-corrected chi connectivity index (χ2v) is 8.80. The van der Waals surface area contributed by atoms with E-state index in [1.54, 1.807) is 24.3 Å². The predicted octanol–water partition coefficient (Wildman–Crippen LogP) is 4.72. The summed E-state index contributed by atoms with van der Waals surface area (Å²) in [7, 11) is 0. The predicted molar refractivity (Wildman–Crippen MR) is 123 cm³/mol. The minimum absolute atomic E-state index is 0.103. The van der Waals surface area contributed by atoms with Gasteiger partial charge in [0, 0.05) is 5.02 Å². The molecule has 0 radical (unpaired) electrons. The summed E-state index contributed by atoms with van der Waals surface area (Å²) in [6.07, 6.45) is 4.59. The van der Waals surface area contributed by atoms with E-state index in [-0.39, 0.29) is 24.3 Å². The monoisotopic (exact) mass is 440 g/mol. The van der Waals surface area contributed by atoms with Crippen molar-refractivity contribution in [2.75, 3.05) is 24.6 Å². The number of piperidine rings is 1. The van der Waals surface area contributed by atoms with E-state index in [1.807, 2.05) is 19.1 Å². The third-order valence-corrected chi connectivity index (χ3v) is 6.63. The molecule has 0 N–H and O–H groups in total. The largest absolute Gasteiger partial charge is 0.494 e. The topological polar surface area (TPSA) is 49.9 Å². The number of hydrogen-bond donors (Lipinski definition) is 0. The molecule has 2 aromatic rings. The van der Waals surface area contributed by atoms with Crippen molar-refractivity contribution in [1.82, 2.24) is 4.90 Å². The van der Waals surface area contributed by atoms with E-state index in [0.29, 0.717) is 18.2 Å². The Balaban J connectivity index is 1.31. The molecule has 2 aromatic carbocycles. The molecule has 2 heterocycles. The molecular formula is C25H29ClN2O3. The lowest BCUT2D eigenvalue weighted by molar-refractivity contribution is -0.123. The lowest BCUT2D eigenvalue weighted by atomic mass is 9.90. The van der Waals surface area contributed by atoms with E-state index in [9.17, 15) is 9.59 Å². The van der Waals surface area contributed by atoms with Gasteiger partial charge in [0.1, 0.15) is 5.75 Å². The number of likely N-dealkylation sites (tertiary alicyclic amines) is 1. The molecule has 0 spiro atoms. The summed E-state index contributed by atoms with van der Waals surface area (Å²) in [5, 5.41) is 0.770. The molecule has 0 aliphatic carbocycles. The normalized spacial score (nSPS) is 20.5. The van der Waals surface area contributed by atoms with E-state index >= 15 is 0 Å². The highest BCUT2D eigenvalue weighted by Gasteiger charge is 2.43. The minimum atomic E-state index is -0.337. The molecule has 4 rings (SSSR count). The van der Waals surface area contributed by atoms with Gasteiger partial charge in [-0.2, -0.15) is 0 Å². The summed E-state index contributed by atoms with van der Waals surface area (Å²) in [6, 6.07) is 14.9. The standard InChI is InChI=1S/C25H29ClN2O3/c1-2-31-22-11-9-21(10-12-22)28-24(29)17-23(25(28)30)27-15-13-19(14-16-27)4-3-18-5-7-20(26)8-6-18/h5-12,19,23H,2-4,13-17H2,1H3/t23-/m0/s1. The van der Waals surface area contributed by atoms with Gasteiger partial charge in [0.05, 0.1) is 24.8 Å². The maximum Gasteiger partial charge on any atom is 0.251 e. The van der Waals surface area contributed by atoms with Crippen molar-refractivity contribution in [3.8, 4) is 5.75 Å². The zero-order valence-corrected chi connectivity index (χ0v) is 18.7. The molecule has 2 aliphatic heterocycles. The lowest BCUT2D eigenvalue weighted by Gasteiger charge is -2.34. The minimum Gasteiger partial charge on any atom is -0.494 e. The van der Waals surface area contributed by atoms with Crippen LogP contribution in [0.4, 0.5) is 5.69 Å². The van der Waals surface area contributed by atoms with Crippen molar-refractivity contribution in [3.05, 3.63) is 59.1 Å². The first kappa shape index (κ1) is 21.8. The van der Waals surface area contributed by atoms with E-state index in [1.165, 1.54) is 10.5 Å².